The average molecular weight is 246 g/mol. The van der Waals surface area contributed by atoms with Gasteiger partial charge in [-0.3, -0.25) is 4.79 Å². The lowest BCUT2D eigenvalue weighted by molar-refractivity contribution is -0.163. The molecule has 0 aromatic heterocycles. The molecule has 0 radical (unpaired) electrons. The third-order valence-corrected chi connectivity index (χ3v) is 1.85. The molecule has 1 atom stereocenters. The van der Waals surface area contributed by atoms with Crippen LogP contribution in [0.4, 0.5) is 0 Å². The summed E-state index contributed by atoms with van der Waals surface area (Å²) in [5.74, 6) is -0.916. The first kappa shape index (κ1) is 15.9. The first-order chi connectivity index (χ1) is 7.84. The molecule has 0 aromatic rings. The van der Waals surface area contributed by atoms with Gasteiger partial charge in [-0.05, 0) is 20.8 Å². The lowest BCUT2D eigenvalue weighted by Crippen LogP contribution is -2.27. The predicted octanol–water partition coefficient (Wildman–Crippen LogP) is 1.54. The van der Waals surface area contributed by atoms with Crippen molar-refractivity contribution >= 4 is 11.9 Å². The number of hydrogen-bond donors (Lipinski definition) is 0. The van der Waals surface area contributed by atoms with Gasteiger partial charge in [0.05, 0.1) is 12.0 Å². The molecule has 0 aliphatic carbocycles. The van der Waals surface area contributed by atoms with E-state index in [2.05, 4.69) is 0 Å². The van der Waals surface area contributed by atoms with Gasteiger partial charge in [-0.2, -0.15) is 0 Å². The molecule has 17 heavy (non-hydrogen) atoms. The molecular weight excluding hydrogens is 224 g/mol. The van der Waals surface area contributed by atoms with Gasteiger partial charge in [0.25, 0.3) is 0 Å². The van der Waals surface area contributed by atoms with Crippen molar-refractivity contribution in [3.63, 3.8) is 0 Å². The number of ether oxygens (including phenoxy) is 3. The normalized spacial score (nSPS) is 12.6. The maximum Gasteiger partial charge on any atom is 0.335 e. The zero-order valence-electron chi connectivity index (χ0n) is 11.2. The van der Waals surface area contributed by atoms with Gasteiger partial charge in [-0.1, -0.05) is 13.8 Å². The molecule has 0 fully saturated rings. The molecule has 0 aliphatic rings. The van der Waals surface area contributed by atoms with Crippen molar-refractivity contribution in [2.45, 2.75) is 46.8 Å². The Labute approximate surface area is 102 Å². The van der Waals surface area contributed by atoms with Gasteiger partial charge in [0.2, 0.25) is 0 Å². The van der Waals surface area contributed by atoms with E-state index in [4.69, 9.17) is 14.2 Å². The Bertz CT molecular complexity index is 247. The number of hydrogen-bond acceptors (Lipinski definition) is 5. The molecular formula is C12H22O5. The standard InChI is InChI=1S/C12H22O5/c1-8(2)11(13)15-6-7-16-12(14)10(5)17-9(3)4/h8-10H,6-7H2,1-5H3. The van der Waals surface area contributed by atoms with Crippen LogP contribution in [0.25, 0.3) is 0 Å². The van der Waals surface area contributed by atoms with Crippen molar-refractivity contribution in [1.82, 2.24) is 0 Å². The highest BCUT2D eigenvalue weighted by molar-refractivity contribution is 5.74. The summed E-state index contributed by atoms with van der Waals surface area (Å²) in [6.45, 7) is 8.94. The van der Waals surface area contributed by atoms with Gasteiger partial charge in [-0.25, -0.2) is 4.79 Å². The summed E-state index contributed by atoms with van der Waals surface area (Å²) in [6.07, 6.45) is -0.632. The fourth-order valence-electron chi connectivity index (χ4n) is 1.03. The maximum atomic E-state index is 11.4. The lowest BCUT2D eigenvalue weighted by Gasteiger charge is -2.15. The zero-order valence-corrected chi connectivity index (χ0v) is 11.2. The molecule has 0 heterocycles. The van der Waals surface area contributed by atoms with Crippen molar-refractivity contribution in [2.75, 3.05) is 13.2 Å². The SMILES string of the molecule is CC(C)OC(C)C(=O)OCCOC(=O)C(C)C. The van der Waals surface area contributed by atoms with E-state index in [1.807, 2.05) is 13.8 Å². The topological polar surface area (TPSA) is 61.8 Å². The van der Waals surface area contributed by atoms with E-state index in [0.717, 1.165) is 0 Å². The Morgan fingerprint density at radius 1 is 0.882 bits per heavy atom. The maximum absolute atomic E-state index is 11.4. The van der Waals surface area contributed by atoms with E-state index in [0.29, 0.717) is 0 Å². The minimum atomic E-state index is -0.601. The van der Waals surface area contributed by atoms with Gasteiger partial charge in [0.1, 0.15) is 13.2 Å². The number of rotatable bonds is 7. The van der Waals surface area contributed by atoms with Crippen molar-refractivity contribution < 1.29 is 23.8 Å². The van der Waals surface area contributed by atoms with Crippen LogP contribution in [0.2, 0.25) is 0 Å². The molecule has 0 spiro atoms. The van der Waals surface area contributed by atoms with Gasteiger partial charge < -0.3 is 14.2 Å². The van der Waals surface area contributed by atoms with Crippen molar-refractivity contribution in [3.05, 3.63) is 0 Å². The lowest BCUT2D eigenvalue weighted by atomic mass is 10.2. The first-order valence-corrected chi connectivity index (χ1v) is 5.83. The summed E-state index contributed by atoms with van der Waals surface area (Å²) in [5.41, 5.74) is 0. The van der Waals surface area contributed by atoms with Crippen LogP contribution in [-0.2, 0) is 23.8 Å². The van der Waals surface area contributed by atoms with Crippen molar-refractivity contribution in [3.8, 4) is 0 Å². The Morgan fingerprint density at radius 2 is 1.35 bits per heavy atom. The monoisotopic (exact) mass is 246 g/mol. The highest BCUT2D eigenvalue weighted by atomic mass is 16.6. The third kappa shape index (κ3) is 7.74. The van der Waals surface area contributed by atoms with Gasteiger partial charge in [-0.15, -0.1) is 0 Å². The molecule has 0 N–H and O–H groups in total. The molecule has 5 nitrogen and oxygen atoms in total. The average Bonchev–Trinajstić information content (AvgIpc) is 2.22. The van der Waals surface area contributed by atoms with Gasteiger partial charge in [0, 0.05) is 0 Å². The third-order valence-electron chi connectivity index (χ3n) is 1.85. The minimum Gasteiger partial charge on any atom is -0.462 e. The molecule has 1 unspecified atom stereocenters. The molecule has 5 heteroatoms. The summed E-state index contributed by atoms with van der Waals surface area (Å²) in [7, 11) is 0. The van der Waals surface area contributed by atoms with E-state index < -0.39 is 12.1 Å². The van der Waals surface area contributed by atoms with Crippen LogP contribution in [-0.4, -0.2) is 37.4 Å². The molecule has 0 saturated heterocycles. The summed E-state index contributed by atoms with van der Waals surface area (Å²) in [5, 5.41) is 0. The molecule has 0 aliphatic heterocycles. The second-order valence-corrected chi connectivity index (χ2v) is 4.32. The van der Waals surface area contributed by atoms with Crippen LogP contribution in [0.3, 0.4) is 0 Å². The van der Waals surface area contributed by atoms with Crippen molar-refractivity contribution in [2.24, 2.45) is 5.92 Å². The number of esters is 2. The Morgan fingerprint density at radius 3 is 1.76 bits per heavy atom. The van der Waals surface area contributed by atoms with E-state index in [1.54, 1.807) is 20.8 Å². The fraction of sp³-hybridized carbons (Fsp3) is 0.833. The Balaban J connectivity index is 3.68. The van der Waals surface area contributed by atoms with Crippen LogP contribution < -0.4 is 0 Å². The second-order valence-electron chi connectivity index (χ2n) is 4.32. The van der Waals surface area contributed by atoms with Gasteiger partial charge >= 0.3 is 11.9 Å². The van der Waals surface area contributed by atoms with Crippen LogP contribution in [0.15, 0.2) is 0 Å². The van der Waals surface area contributed by atoms with E-state index in [9.17, 15) is 9.59 Å². The molecule has 0 amide bonds. The minimum absolute atomic E-state index is 0.0312. The van der Waals surface area contributed by atoms with E-state index in [1.165, 1.54) is 0 Å². The summed E-state index contributed by atoms with van der Waals surface area (Å²) >= 11 is 0. The highest BCUT2D eigenvalue weighted by Gasteiger charge is 2.16. The van der Waals surface area contributed by atoms with Crippen LogP contribution >= 0.6 is 0 Å². The summed E-state index contributed by atoms with van der Waals surface area (Å²) in [4.78, 5) is 22.4. The van der Waals surface area contributed by atoms with E-state index >= 15 is 0 Å². The smallest absolute Gasteiger partial charge is 0.335 e. The van der Waals surface area contributed by atoms with Crippen LogP contribution in [0.5, 0.6) is 0 Å². The highest BCUT2D eigenvalue weighted by Crippen LogP contribution is 2.00. The van der Waals surface area contributed by atoms with Crippen LogP contribution in [0, 0.1) is 5.92 Å². The first-order valence-electron chi connectivity index (χ1n) is 5.83. The Hall–Kier alpha value is -1.10. The number of carbonyl (C=O) groups is 2. The molecule has 0 bridgehead atoms. The largest absolute Gasteiger partial charge is 0.462 e. The molecule has 0 saturated carbocycles. The number of carbonyl (C=O) groups excluding carboxylic acids is 2. The van der Waals surface area contributed by atoms with Crippen LogP contribution in [0.1, 0.15) is 34.6 Å². The zero-order chi connectivity index (χ0) is 13.4. The summed E-state index contributed by atoms with van der Waals surface area (Å²) in [6, 6.07) is 0. The van der Waals surface area contributed by atoms with E-state index in [-0.39, 0.29) is 31.2 Å². The molecule has 100 valence electrons. The van der Waals surface area contributed by atoms with Gasteiger partial charge in [0.15, 0.2) is 6.10 Å². The quantitative estimate of drug-likeness (QED) is 0.503. The Kier molecular flexibility index (Phi) is 7.54. The summed E-state index contributed by atoms with van der Waals surface area (Å²) < 4.78 is 15.0. The fourth-order valence-corrected chi connectivity index (χ4v) is 1.03. The molecule has 0 rings (SSSR count). The molecule has 0 aromatic carbocycles. The second kappa shape index (κ2) is 8.06. The predicted molar refractivity (Wildman–Crippen MR) is 62.4 cm³/mol. The van der Waals surface area contributed by atoms with Crippen molar-refractivity contribution in [1.29, 1.82) is 0 Å².